The van der Waals surface area contributed by atoms with Gasteiger partial charge < -0.3 is 14.0 Å². The first-order valence-corrected chi connectivity index (χ1v) is 9.06. The lowest BCUT2D eigenvalue weighted by Gasteiger charge is -2.32. The lowest BCUT2D eigenvalue weighted by atomic mass is 9.74. The highest BCUT2D eigenvalue weighted by Gasteiger charge is 2.52. The molecule has 130 valence electrons. The van der Waals surface area contributed by atoms with Gasteiger partial charge in [0, 0.05) is 10.9 Å². The van der Waals surface area contributed by atoms with E-state index in [2.05, 4.69) is 52.0 Å². The summed E-state index contributed by atoms with van der Waals surface area (Å²) >= 11 is 0. The van der Waals surface area contributed by atoms with Crippen LogP contribution in [0.1, 0.15) is 27.7 Å². The van der Waals surface area contributed by atoms with Gasteiger partial charge in [0.1, 0.15) is 11.5 Å². The first kappa shape index (κ1) is 15.9. The van der Waals surface area contributed by atoms with Crippen LogP contribution in [0.3, 0.4) is 0 Å². The van der Waals surface area contributed by atoms with Gasteiger partial charge in [-0.2, -0.15) is 0 Å². The average Bonchev–Trinajstić information content (AvgIpc) is 2.83. The molecule has 0 N–H and O–H groups in total. The summed E-state index contributed by atoms with van der Waals surface area (Å²) in [7, 11) is -0.388. The van der Waals surface area contributed by atoms with Crippen LogP contribution in [0.2, 0.25) is 0 Å². The number of hydrogen-bond donors (Lipinski definition) is 0. The van der Waals surface area contributed by atoms with Gasteiger partial charge in [0.15, 0.2) is 0 Å². The molecule has 0 unspecified atom stereocenters. The molecule has 0 radical (unpaired) electrons. The Hall–Kier alpha value is -2.30. The molecule has 1 fully saturated rings. The fourth-order valence-corrected chi connectivity index (χ4v) is 3.78. The summed E-state index contributed by atoms with van der Waals surface area (Å²) in [6.07, 6.45) is 0. The van der Waals surface area contributed by atoms with Gasteiger partial charge in [0.2, 0.25) is 0 Å². The van der Waals surface area contributed by atoms with Crippen molar-refractivity contribution in [2.24, 2.45) is 0 Å². The monoisotopic (exact) mass is 344 g/mol. The smallest absolute Gasteiger partial charge is 0.456 e. The maximum absolute atomic E-state index is 6.30. The Morgan fingerprint density at radius 2 is 1.38 bits per heavy atom. The summed E-state index contributed by atoms with van der Waals surface area (Å²) < 4.78 is 18.8. The molecular formula is C22H21BO3. The largest absolute Gasteiger partial charge is 0.495 e. The van der Waals surface area contributed by atoms with Crippen molar-refractivity contribution in [2.45, 2.75) is 38.9 Å². The Labute approximate surface area is 154 Å². The number of benzene rings is 3. The zero-order valence-electron chi connectivity index (χ0n) is 15.5. The third kappa shape index (κ3) is 2.09. The van der Waals surface area contributed by atoms with Gasteiger partial charge in [0.05, 0.1) is 11.2 Å². The lowest BCUT2D eigenvalue weighted by molar-refractivity contribution is 0.00578. The van der Waals surface area contributed by atoms with Gasteiger partial charge in [-0.15, -0.1) is 0 Å². The first-order chi connectivity index (χ1) is 12.4. The van der Waals surface area contributed by atoms with Crippen LogP contribution in [0.5, 0.6) is 11.5 Å². The van der Waals surface area contributed by atoms with E-state index in [0.29, 0.717) is 0 Å². The number of hydrogen-bond acceptors (Lipinski definition) is 3. The molecule has 0 spiro atoms. The molecule has 4 heteroatoms. The highest BCUT2D eigenvalue weighted by Crippen LogP contribution is 2.46. The van der Waals surface area contributed by atoms with Crippen LogP contribution in [-0.2, 0) is 9.31 Å². The molecule has 1 saturated heterocycles. The lowest BCUT2D eigenvalue weighted by Crippen LogP contribution is -2.41. The van der Waals surface area contributed by atoms with Gasteiger partial charge in [-0.05, 0) is 56.2 Å². The van der Waals surface area contributed by atoms with Crippen molar-refractivity contribution >= 4 is 23.4 Å². The van der Waals surface area contributed by atoms with Gasteiger partial charge in [0.25, 0.3) is 0 Å². The first-order valence-electron chi connectivity index (χ1n) is 9.06. The minimum atomic E-state index is -0.388. The van der Waals surface area contributed by atoms with Crippen molar-refractivity contribution in [3.63, 3.8) is 0 Å². The Balaban J connectivity index is 1.72. The number of para-hydroxylation sites is 1. The zero-order chi connectivity index (χ0) is 18.1. The highest BCUT2D eigenvalue weighted by molar-refractivity contribution is 6.65. The Morgan fingerprint density at radius 1 is 0.692 bits per heavy atom. The SMILES string of the molecule is CC1(C)OB(c2ccc3c4c(cccc24)Oc2ccccc2-3)OC1(C)C. The Bertz CT molecular complexity index is 1020. The molecule has 2 heterocycles. The molecule has 0 amide bonds. The molecule has 2 aliphatic rings. The molecule has 0 atom stereocenters. The zero-order valence-corrected chi connectivity index (χ0v) is 15.5. The molecule has 5 rings (SSSR count). The molecule has 0 aliphatic carbocycles. The van der Waals surface area contributed by atoms with E-state index in [-0.39, 0.29) is 18.3 Å². The van der Waals surface area contributed by atoms with Crippen LogP contribution in [0.4, 0.5) is 0 Å². The van der Waals surface area contributed by atoms with E-state index in [1.165, 1.54) is 5.56 Å². The molecule has 2 aliphatic heterocycles. The topological polar surface area (TPSA) is 27.7 Å². The normalized spacial score (nSPS) is 19.3. The quantitative estimate of drug-likeness (QED) is 0.459. The molecule has 3 aromatic carbocycles. The highest BCUT2D eigenvalue weighted by atomic mass is 16.7. The van der Waals surface area contributed by atoms with E-state index < -0.39 is 0 Å². The predicted molar refractivity (Wildman–Crippen MR) is 105 cm³/mol. The minimum Gasteiger partial charge on any atom is -0.456 e. The third-order valence-electron chi connectivity index (χ3n) is 5.94. The Morgan fingerprint density at radius 3 is 2.15 bits per heavy atom. The van der Waals surface area contributed by atoms with E-state index in [4.69, 9.17) is 14.0 Å². The van der Waals surface area contributed by atoms with Gasteiger partial charge >= 0.3 is 7.12 Å². The summed E-state index contributed by atoms with van der Waals surface area (Å²) in [6, 6.07) is 18.6. The number of fused-ring (bicyclic) bond motifs is 2. The fourth-order valence-electron chi connectivity index (χ4n) is 3.78. The second kappa shape index (κ2) is 5.12. The molecule has 26 heavy (non-hydrogen) atoms. The number of ether oxygens (including phenoxy) is 1. The van der Waals surface area contributed by atoms with E-state index >= 15 is 0 Å². The summed E-state index contributed by atoms with van der Waals surface area (Å²) in [4.78, 5) is 0. The van der Waals surface area contributed by atoms with Crippen molar-refractivity contribution in [1.82, 2.24) is 0 Å². The maximum Gasteiger partial charge on any atom is 0.495 e. The van der Waals surface area contributed by atoms with Crippen molar-refractivity contribution < 1.29 is 14.0 Å². The Kier molecular flexibility index (Phi) is 3.14. The van der Waals surface area contributed by atoms with E-state index in [9.17, 15) is 0 Å². The maximum atomic E-state index is 6.30. The predicted octanol–water partition coefficient (Wildman–Crippen LogP) is 4.91. The molecule has 0 aromatic heterocycles. The van der Waals surface area contributed by atoms with E-state index in [1.807, 2.05) is 30.3 Å². The minimum absolute atomic E-state index is 0.361. The van der Waals surface area contributed by atoms with Crippen molar-refractivity contribution in [3.05, 3.63) is 54.6 Å². The average molecular weight is 344 g/mol. The van der Waals surface area contributed by atoms with E-state index in [0.717, 1.165) is 33.3 Å². The second-order valence-electron chi connectivity index (χ2n) is 8.07. The van der Waals surface area contributed by atoms with E-state index in [1.54, 1.807) is 0 Å². The molecule has 0 saturated carbocycles. The standard InChI is InChI=1S/C22H21BO3/c1-21(2)22(3,4)26-23(25-21)17-13-12-15-14-8-5-6-10-18(14)24-19-11-7-9-16(17)20(15)19/h5-13H,1-4H3. The molecule has 0 bridgehead atoms. The number of rotatable bonds is 1. The van der Waals surface area contributed by atoms with Crippen LogP contribution in [0.15, 0.2) is 54.6 Å². The second-order valence-corrected chi connectivity index (χ2v) is 8.07. The van der Waals surface area contributed by atoms with Crippen LogP contribution in [0, 0.1) is 0 Å². The molecule has 3 nitrogen and oxygen atoms in total. The summed E-state index contributed by atoms with van der Waals surface area (Å²) in [5.41, 5.74) is 2.64. The van der Waals surface area contributed by atoms with Gasteiger partial charge in [-0.3, -0.25) is 0 Å². The van der Waals surface area contributed by atoms with Crippen LogP contribution in [0.25, 0.3) is 21.9 Å². The van der Waals surface area contributed by atoms with Gasteiger partial charge in [-0.1, -0.05) is 42.5 Å². The van der Waals surface area contributed by atoms with Crippen molar-refractivity contribution in [3.8, 4) is 22.6 Å². The fraction of sp³-hybridized carbons (Fsp3) is 0.273. The van der Waals surface area contributed by atoms with Crippen LogP contribution < -0.4 is 10.2 Å². The molecule has 3 aromatic rings. The summed E-state index contributed by atoms with van der Waals surface area (Å²) in [5.74, 6) is 1.78. The van der Waals surface area contributed by atoms with Gasteiger partial charge in [-0.25, -0.2) is 0 Å². The van der Waals surface area contributed by atoms with Crippen molar-refractivity contribution in [2.75, 3.05) is 0 Å². The van der Waals surface area contributed by atoms with Crippen molar-refractivity contribution in [1.29, 1.82) is 0 Å². The summed E-state index contributed by atoms with van der Waals surface area (Å²) in [5, 5.41) is 2.24. The third-order valence-corrected chi connectivity index (χ3v) is 5.94. The summed E-state index contributed by atoms with van der Waals surface area (Å²) in [6.45, 7) is 8.32. The molecular weight excluding hydrogens is 323 g/mol. The van der Waals surface area contributed by atoms with Crippen LogP contribution in [-0.4, -0.2) is 18.3 Å². The van der Waals surface area contributed by atoms with Crippen LogP contribution >= 0.6 is 0 Å².